The molecule has 9 nitrogen and oxygen atoms in total. The quantitative estimate of drug-likeness (QED) is 0.489. The first kappa shape index (κ1) is 27.0. The molecule has 0 fully saturated rings. The van der Waals surface area contributed by atoms with Crippen LogP contribution in [0.1, 0.15) is 25.8 Å². The highest BCUT2D eigenvalue weighted by atomic mass is 32.2. The minimum atomic E-state index is -3.84. The standard InChI is InChI=1S/C24H33N3O6S/c1-6-20(24(29)25-3)26(16-18-11-10-12-19(15-18)32-4)23(28)17-27(34(5,30)31)21-13-8-9-14-22(21)33-7-2/h8-15,20H,6-7,16-17H2,1-5H3,(H,25,29)/t20-/m0/s1. The molecule has 0 spiro atoms. The first-order valence-corrected chi connectivity index (χ1v) is 12.8. The Bertz CT molecular complexity index is 1090. The molecule has 1 atom stereocenters. The molecule has 2 rings (SSSR count). The summed E-state index contributed by atoms with van der Waals surface area (Å²) < 4.78 is 37.3. The number of nitrogens with one attached hydrogen (secondary N) is 1. The summed E-state index contributed by atoms with van der Waals surface area (Å²) in [6.45, 7) is 3.54. The fourth-order valence-corrected chi connectivity index (χ4v) is 4.44. The number of rotatable bonds is 12. The molecule has 0 saturated carbocycles. The Morgan fingerprint density at radius 2 is 1.79 bits per heavy atom. The Balaban J connectivity index is 2.48. The van der Waals surface area contributed by atoms with Crippen LogP contribution in [-0.2, 0) is 26.2 Å². The minimum Gasteiger partial charge on any atom is -0.497 e. The van der Waals surface area contributed by atoms with Gasteiger partial charge in [-0.25, -0.2) is 8.42 Å². The summed E-state index contributed by atoms with van der Waals surface area (Å²) in [7, 11) is -0.801. The van der Waals surface area contributed by atoms with Gasteiger partial charge in [0.2, 0.25) is 21.8 Å². The summed E-state index contributed by atoms with van der Waals surface area (Å²) in [6, 6.07) is 13.0. The maximum Gasteiger partial charge on any atom is 0.244 e. The smallest absolute Gasteiger partial charge is 0.244 e. The lowest BCUT2D eigenvalue weighted by Gasteiger charge is -2.33. The van der Waals surface area contributed by atoms with E-state index in [9.17, 15) is 18.0 Å². The second kappa shape index (κ2) is 12.3. The molecule has 2 amide bonds. The maximum absolute atomic E-state index is 13.6. The number of sulfonamides is 1. The van der Waals surface area contributed by atoms with Gasteiger partial charge in [0.1, 0.15) is 24.1 Å². The van der Waals surface area contributed by atoms with Crippen molar-refractivity contribution in [1.82, 2.24) is 10.2 Å². The number of nitrogens with zero attached hydrogens (tertiary/aromatic N) is 2. The lowest BCUT2D eigenvalue weighted by atomic mass is 10.1. The highest BCUT2D eigenvalue weighted by Crippen LogP contribution is 2.30. The number of carbonyl (C=O) groups excluding carboxylic acids is 2. The molecule has 0 aliphatic rings. The Labute approximate surface area is 201 Å². The second-order valence-electron chi connectivity index (χ2n) is 7.58. The van der Waals surface area contributed by atoms with Crippen LogP contribution in [0.5, 0.6) is 11.5 Å². The van der Waals surface area contributed by atoms with Crippen molar-refractivity contribution in [1.29, 1.82) is 0 Å². The van der Waals surface area contributed by atoms with Crippen molar-refractivity contribution in [2.75, 3.05) is 37.9 Å². The number of para-hydroxylation sites is 2. The molecule has 1 N–H and O–H groups in total. The monoisotopic (exact) mass is 491 g/mol. The Kier molecular flexibility index (Phi) is 9.73. The van der Waals surface area contributed by atoms with E-state index in [4.69, 9.17) is 9.47 Å². The van der Waals surface area contributed by atoms with Gasteiger partial charge >= 0.3 is 0 Å². The predicted molar refractivity (Wildman–Crippen MR) is 131 cm³/mol. The van der Waals surface area contributed by atoms with E-state index in [0.29, 0.717) is 24.5 Å². The molecule has 34 heavy (non-hydrogen) atoms. The summed E-state index contributed by atoms with van der Waals surface area (Å²) in [6.07, 6.45) is 1.38. The van der Waals surface area contributed by atoms with Crippen molar-refractivity contribution in [2.24, 2.45) is 0 Å². The van der Waals surface area contributed by atoms with Crippen LogP contribution in [-0.4, -0.2) is 64.7 Å². The van der Waals surface area contributed by atoms with E-state index in [1.54, 1.807) is 63.4 Å². The zero-order valence-electron chi connectivity index (χ0n) is 20.3. The Morgan fingerprint density at radius 3 is 2.38 bits per heavy atom. The van der Waals surface area contributed by atoms with Crippen molar-refractivity contribution >= 4 is 27.5 Å². The Morgan fingerprint density at radius 1 is 1.09 bits per heavy atom. The topological polar surface area (TPSA) is 105 Å². The molecule has 0 radical (unpaired) electrons. The molecule has 0 bridgehead atoms. The van der Waals surface area contributed by atoms with Crippen molar-refractivity contribution in [2.45, 2.75) is 32.9 Å². The van der Waals surface area contributed by atoms with Gasteiger partial charge in [-0.05, 0) is 43.2 Å². The first-order chi connectivity index (χ1) is 16.2. The number of carbonyl (C=O) groups is 2. The molecule has 2 aromatic carbocycles. The van der Waals surface area contributed by atoms with Gasteiger partial charge in [-0.15, -0.1) is 0 Å². The Hall–Kier alpha value is -3.27. The number of likely N-dealkylation sites (N-methyl/N-ethyl adjacent to an activating group) is 1. The summed E-state index contributed by atoms with van der Waals surface area (Å²) in [4.78, 5) is 27.6. The summed E-state index contributed by atoms with van der Waals surface area (Å²) in [5.41, 5.74) is 1.00. The molecule has 10 heteroatoms. The largest absolute Gasteiger partial charge is 0.497 e. The van der Waals surface area contributed by atoms with E-state index >= 15 is 0 Å². The van der Waals surface area contributed by atoms with Crippen LogP contribution in [0, 0.1) is 0 Å². The third kappa shape index (κ3) is 6.86. The summed E-state index contributed by atoms with van der Waals surface area (Å²) in [5, 5.41) is 2.59. The van der Waals surface area contributed by atoms with E-state index in [2.05, 4.69) is 5.32 Å². The minimum absolute atomic E-state index is 0.104. The average molecular weight is 492 g/mol. The molecule has 186 valence electrons. The molecular formula is C24H33N3O6S. The van der Waals surface area contributed by atoms with E-state index in [1.165, 1.54) is 11.9 Å². The van der Waals surface area contributed by atoms with Crippen molar-refractivity contribution in [3.8, 4) is 11.5 Å². The number of benzene rings is 2. The first-order valence-electron chi connectivity index (χ1n) is 11.0. The predicted octanol–water partition coefficient (Wildman–Crippen LogP) is 2.41. The number of methoxy groups -OCH3 is 1. The fourth-order valence-electron chi connectivity index (χ4n) is 3.59. The van der Waals surface area contributed by atoms with E-state index in [-0.39, 0.29) is 18.1 Å². The number of hydrogen-bond donors (Lipinski definition) is 1. The molecule has 2 aromatic rings. The SMILES string of the molecule is CCOc1ccccc1N(CC(=O)N(Cc1cccc(OC)c1)[C@@H](CC)C(=O)NC)S(C)(=O)=O. The number of hydrogen-bond acceptors (Lipinski definition) is 6. The molecule has 0 aliphatic heterocycles. The van der Waals surface area contributed by atoms with Gasteiger partial charge in [0.15, 0.2) is 0 Å². The molecule has 0 aliphatic carbocycles. The third-order valence-corrected chi connectivity index (χ3v) is 6.36. The molecule has 0 saturated heterocycles. The van der Waals surface area contributed by atoms with Crippen molar-refractivity contribution in [3.63, 3.8) is 0 Å². The van der Waals surface area contributed by atoms with Gasteiger partial charge in [0.05, 0.1) is 25.7 Å². The number of anilines is 1. The van der Waals surface area contributed by atoms with Crippen LogP contribution in [0.2, 0.25) is 0 Å². The fraction of sp³-hybridized carbons (Fsp3) is 0.417. The summed E-state index contributed by atoms with van der Waals surface area (Å²) >= 11 is 0. The van der Waals surface area contributed by atoms with Crippen LogP contribution < -0.4 is 19.1 Å². The van der Waals surface area contributed by atoms with Crippen molar-refractivity contribution in [3.05, 3.63) is 54.1 Å². The van der Waals surface area contributed by atoms with Crippen LogP contribution in [0.3, 0.4) is 0 Å². The van der Waals surface area contributed by atoms with Crippen LogP contribution in [0.4, 0.5) is 5.69 Å². The highest BCUT2D eigenvalue weighted by molar-refractivity contribution is 7.92. The van der Waals surface area contributed by atoms with Gasteiger partial charge < -0.3 is 19.7 Å². The number of amides is 2. The molecule has 0 aromatic heterocycles. The average Bonchev–Trinajstić information content (AvgIpc) is 2.82. The van der Waals surface area contributed by atoms with Crippen LogP contribution >= 0.6 is 0 Å². The maximum atomic E-state index is 13.6. The lowest BCUT2D eigenvalue weighted by molar-refractivity contribution is -0.140. The van der Waals surface area contributed by atoms with Gasteiger partial charge in [-0.1, -0.05) is 31.2 Å². The normalized spacial score (nSPS) is 11.9. The van der Waals surface area contributed by atoms with E-state index in [0.717, 1.165) is 16.1 Å². The van der Waals surface area contributed by atoms with Crippen LogP contribution in [0.25, 0.3) is 0 Å². The molecule has 0 heterocycles. The highest BCUT2D eigenvalue weighted by Gasteiger charge is 2.32. The zero-order chi connectivity index (χ0) is 25.3. The summed E-state index contributed by atoms with van der Waals surface area (Å²) in [5.74, 6) is 0.108. The van der Waals surface area contributed by atoms with Crippen LogP contribution in [0.15, 0.2) is 48.5 Å². The van der Waals surface area contributed by atoms with Gasteiger partial charge in [0, 0.05) is 13.6 Å². The zero-order valence-corrected chi connectivity index (χ0v) is 21.1. The van der Waals surface area contributed by atoms with Crippen molar-refractivity contribution < 1.29 is 27.5 Å². The van der Waals surface area contributed by atoms with Gasteiger partial charge in [0.25, 0.3) is 0 Å². The molecular weight excluding hydrogens is 458 g/mol. The number of ether oxygens (including phenoxy) is 2. The van der Waals surface area contributed by atoms with Gasteiger partial charge in [-0.3, -0.25) is 13.9 Å². The lowest BCUT2D eigenvalue weighted by Crippen LogP contribution is -2.51. The third-order valence-electron chi connectivity index (χ3n) is 5.23. The second-order valence-corrected chi connectivity index (χ2v) is 9.49. The van der Waals surface area contributed by atoms with E-state index < -0.39 is 28.5 Å². The van der Waals surface area contributed by atoms with E-state index in [1.807, 2.05) is 6.07 Å². The molecule has 0 unspecified atom stereocenters. The van der Waals surface area contributed by atoms with Gasteiger partial charge in [-0.2, -0.15) is 0 Å².